The summed E-state index contributed by atoms with van der Waals surface area (Å²) >= 11 is 0. The van der Waals surface area contributed by atoms with Crippen molar-refractivity contribution < 1.29 is 22.7 Å². The number of rotatable bonds is 2. The van der Waals surface area contributed by atoms with Crippen LogP contribution in [0.4, 0.5) is 13.2 Å². The van der Waals surface area contributed by atoms with E-state index in [2.05, 4.69) is 0 Å². The highest BCUT2D eigenvalue weighted by Gasteiger charge is 2.42. The second-order valence-electron chi connectivity index (χ2n) is 2.33. The van der Waals surface area contributed by atoms with Crippen molar-refractivity contribution in [3.63, 3.8) is 0 Å². The van der Waals surface area contributed by atoms with Crippen molar-refractivity contribution in [2.75, 3.05) is 6.61 Å². The minimum Gasteiger partial charge on any atom is -0.271 e. The van der Waals surface area contributed by atoms with E-state index in [0.29, 0.717) is 0 Å². The molecular weight excluding hydrogens is 183 g/mol. The lowest BCUT2D eigenvalue weighted by Gasteiger charge is -2.03. The number of nitrogens with zero attached hydrogens (tertiary/aromatic N) is 1. The summed E-state index contributed by atoms with van der Waals surface area (Å²) in [7, 11) is 0. The molecule has 72 valence electrons. The molecule has 0 atom stereocenters. The van der Waals surface area contributed by atoms with Crippen molar-refractivity contribution in [2.24, 2.45) is 0 Å². The SMILES string of the molecule is CCO[n+]1ccccc1C(F)(F)F. The molecule has 0 radical (unpaired) electrons. The van der Waals surface area contributed by atoms with Crippen LogP contribution in [0, 0.1) is 0 Å². The Hall–Kier alpha value is -1.26. The van der Waals surface area contributed by atoms with E-state index in [0.717, 1.165) is 10.8 Å². The highest BCUT2D eigenvalue weighted by molar-refractivity contribution is 5.00. The van der Waals surface area contributed by atoms with Gasteiger partial charge in [-0.2, -0.15) is 13.2 Å². The lowest BCUT2D eigenvalue weighted by Crippen LogP contribution is -2.48. The minimum atomic E-state index is -4.38. The van der Waals surface area contributed by atoms with Crippen molar-refractivity contribution in [3.05, 3.63) is 30.1 Å². The van der Waals surface area contributed by atoms with Crippen LogP contribution >= 0.6 is 0 Å². The molecule has 1 rings (SSSR count). The van der Waals surface area contributed by atoms with Gasteiger partial charge in [-0.05, 0) is 13.0 Å². The number of alkyl halides is 3. The Bertz CT molecular complexity index is 285. The Labute approximate surface area is 73.5 Å². The summed E-state index contributed by atoms with van der Waals surface area (Å²) in [6.45, 7) is 1.82. The molecule has 0 bridgehead atoms. The number of hydrogen-bond donors (Lipinski definition) is 0. The molecule has 13 heavy (non-hydrogen) atoms. The van der Waals surface area contributed by atoms with Gasteiger partial charge in [0.1, 0.15) is 0 Å². The van der Waals surface area contributed by atoms with Gasteiger partial charge < -0.3 is 0 Å². The van der Waals surface area contributed by atoms with E-state index in [-0.39, 0.29) is 6.61 Å². The zero-order valence-corrected chi connectivity index (χ0v) is 7.01. The molecular formula is C8H9F3NO+. The van der Waals surface area contributed by atoms with Gasteiger partial charge in [0.2, 0.25) is 6.20 Å². The zero-order chi connectivity index (χ0) is 9.90. The van der Waals surface area contributed by atoms with Crippen molar-refractivity contribution in [3.8, 4) is 0 Å². The third kappa shape index (κ3) is 2.34. The fourth-order valence-electron chi connectivity index (χ4n) is 0.899. The van der Waals surface area contributed by atoms with E-state index in [1.165, 1.54) is 18.3 Å². The summed E-state index contributed by atoms with van der Waals surface area (Å²) in [6.07, 6.45) is -3.15. The van der Waals surface area contributed by atoms with Crippen LogP contribution in [-0.4, -0.2) is 6.61 Å². The third-order valence-corrected chi connectivity index (χ3v) is 1.38. The second-order valence-corrected chi connectivity index (χ2v) is 2.33. The molecule has 1 aromatic rings. The molecule has 0 saturated carbocycles. The van der Waals surface area contributed by atoms with Crippen molar-refractivity contribution in [1.82, 2.24) is 0 Å². The van der Waals surface area contributed by atoms with Crippen LogP contribution in [0.15, 0.2) is 24.4 Å². The maximum Gasteiger partial charge on any atom is 0.482 e. The first-order valence-corrected chi connectivity index (χ1v) is 3.77. The summed E-state index contributed by atoms with van der Waals surface area (Å²) < 4.78 is 37.5. The molecule has 2 nitrogen and oxygen atoms in total. The van der Waals surface area contributed by atoms with Crippen LogP contribution in [0.2, 0.25) is 0 Å². The van der Waals surface area contributed by atoms with Gasteiger partial charge in [0.15, 0.2) is 6.61 Å². The van der Waals surface area contributed by atoms with Gasteiger partial charge in [-0.3, -0.25) is 4.84 Å². The molecule has 0 aliphatic heterocycles. The normalized spacial score (nSPS) is 11.4. The van der Waals surface area contributed by atoms with E-state index in [1.54, 1.807) is 6.92 Å². The van der Waals surface area contributed by atoms with Gasteiger partial charge in [-0.1, -0.05) is 0 Å². The molecule has 0 N–H and O–H groups in total. The summed E-state index contributed by atoms with van der Waals surface area (Å²) in [5.41, 5.74) is -0.808. The fraction of sp³-hybridized carbons (Fsp3) is 0.375. The molecule has 0 saturated heterocycles. The summed E-state index contributed by atoms with van der Waals surface area (Å²) in [4.78, 5) is 4.76. The molecule has 1 aromatic heterocycles. The highest BCUT2D eigenvalue weighted by atomic mass is 19.4. The average molecular weight is 192 g/mol. The average Bonchev–Trinajstić information content (AvgIpc) is 2.04. The molecule has 0 aliphatic rings. The second kappa shape index (κ2) is 3.64. The molecule has 0 amide bonds. The van der Waals surface area contributed by atoms with Gasteiger partial charge in [-0.25, -0.2) is 0 Å². The Morgan fingerprint density at radius 3 is 2.62 bits per heavy atom. The number of aromatic nitrogens is 1. The highest BCUT2D eigenvalue weighted by Crippen LogP contribution is 2.25. The van der Waals surface area contributed by atoms with Gasteiger partial charge in [0.25, 0.3) is 0 Å². The van der Waals surface area contributed by atoms with E-state index in [1.807, 2.05) is 0 Å². The topological polar surface area (TPSA) is 13.1 Å². The predicted octanol–water partition coefficient (Wildman–Crippen LogP) is 1.44. The first-order valence-electron chi connectivity index (χ1n) is 3.77. The smallest absolute Gasteiger partial charge is 0.271 e. The Morgan fingerprint density at radius 1 is 1.38 bits per heavy atom. The quantitative estimate of drug-likeness (QED) is 0.646. The number of halogens is 3. The standard InChI is InChI=1S/C8H9F3NO/c1-2-13-12-6-4-3-5-7(12)8(9,10)11/h3-6H,2H2,1H3/q+1. The van der Waals surface area contributed by atoms with E-state index < -0.39 is 11.9 Å². The maximum atomic E-state index is 12.3. The maximum absolute atomic E-state index is 12.3. The number of pyridine rings is 1. The van der Waals surface area contributed by atoms with Crippen molar-refractivity contribution >= 4 is 0 Å². The fourth-order valence-corrected chi connectivity index (χ4v) is 0.899. The van der Waals surface area contributed by atoms with Crippen LogP contribution in [0.3, 0.4) is 0 Å². The first kappa shape index (κ1) is 9.83. The summed E-state index contributed by atoms with van der Waals surface area (Å²) in [5, 5.41) is 0. The molecule has 0 fully saturated rings. The zero-order valence-electron chi connectivity index (χ0n) is 7.01. The first-order chi connectivity index (χ1) is 6.05. The van der Waals surface area contributed by atoms with Crippen LogP contribution in [0.1, 0.15) is 12.6 Å². The molecule has 0 unspecified atom stereocenters. The molecule has 1 heterocycles. The molecule has 5 heteroatoms. The van der Waals surface area contributed by atoms with Crippen molar-refractivity contribution in [2.45, 2.75) is 13.1 Å². The van der Waals surface area contributed by atoms with Crippen LogP contribution in [0.25, 0.3) is 0 Å². The Balaban J connectivity index is 3.05. The minimum absolute atomic E-state index is 0.192. The van der Waals surface area contributed by atoms with Crippen LogP contribution in [-0.2, 0) is 6.18 Å². The van der Waals surface area contributed by atoms with Gasteiger partial charge in [0.05, 0.1) is 0 Å². The van der Waals surface area contributed by atoms with Gasteiger partial charge in [-0.15, -0.1) is 0 Å². The van der Waals surface area contributed by atoms with Gasteiger partial charge in [0, 0.05) is 16.9 Å². The Kier molecular flexibility index (Phi) is 2.75. The van der Waals surface area contributed by atoms with Crippen LogP contribution in [0.5, 0.6) is 0 Å². The number of hydrogen-bond acceptors (Lipinski definition) is 1. The molecule has 0 aliphatic carbocycles. The molecule has 0 spiro atoms. The largest absolute Gasteiger partial charge is 0.482 e. The van der Waals surface area contributed by atoms with Gasteiger partial charge >= 0.3 is 11.9 Å². The van der Waals surface area contributed by atoms with E-state index >= 15 is 0 Å². The predicted molar refractivity (Wildman–Crippen MR) is 38.8 cm³/mol. The summed E-state index contributed by atoms with van der Waals surface area (Å²) in [5.74, 6) is 0. The van der Waals surface area contributed by atoms with E-state index in [4.69, 9.17) is 4.84 Å². The van der Waals surface area contributed by atoms with E-state index in [9.17, 15) is 13.2 Å². The third-order valence-electron chi connectivity index (χ3n) is 1.38. The lowest BCUT2D eigenvalue weighted by molar-refractivity contribution is -0.901. The monoisotopic (exact) mass is 192 g/mol. The Morgan fingerprint density at radius 2 is 2.08 bits per heavy atom. The molecule has 0 aromatic carbocycles. The van der Waals surface area contributed by atoms with Crippen molar-refractivity contribution in [1.29, 1.82) is 0 Å². The summed E-state index contributed by atoms with van der Waals surface area (Å²) in [6, 6.07) is 3.76. The van der Waals surface area contributed by atoms with Crippen LogP contribution < -0.4 is 9.57 Å². The lowest BCUT2D eigenvalue weighted by atomic mass is 10.3.